The number of ether oxygens (including phenoxy) is 2. The number of H-pyrrole nitrogens is 1. The van der Waals surface area contributed by atoms with Gasteiger partial charge in [-0.1, -0.05) is 5.92 Å². The van der Waals surface area contributed by atoms with Crippen molar-refractivity contribution in [1.82, 2.24) is 14.2 Å². The number of aromatic amines is 1. The number of terminal acetylenes is 1. The van der Waals surface area contributed by atoms with E-state index in [1.54, 1.807) is 6.92 Å². The molecule has 1 aliphatic rings. The monoisotopic (exact) mass is 480 g/mol. The second-order valence-corrected chi connectivity index (χ2v) is 9.67. The summed E-state index contributed by atoms with van der Waals surface area (Å²) in [5, 5.41) is 0. The van der Waals surface area contributed by atoms with E-state index in [2.05, 4.69) is 48.1 Å². The van der Waals surface area contributed by atoms with Crippen LogP contribution in [0.3, 0.4) is 0 Å². The Labute approximate surface area is 196 Å². The van der Waals surface area contributed by atoms with Gasteiger partial charge in [0.2, 0.25) is 6.54 Å². The summed E-state index contributed by atoms with van der Waals surface area (Å²) in [6.07, 6.45) is 5.67. The van der Waals surface area contributed by atoms with Gasteiger partial charge in [0.1, 0.15) is 25.5 Å². The molecule has 1 aromatic rings. The summed E-state index contributed by atoms with van der Waals surface area (Å²) in [6, 6.07) is 0.329. The van der Waals surface area contributed by atoms with Crippen LogP contribution in [0.5, 0.6) is 0 Å². The zero-order valence-electron chi connectivity index (χ0n) is 19.8. The lowest BCUT2D eigenvalue weighted by atomic mass is 10.2. The first-order valence-electron chi connectivity index (χ1n) is 10.9. The number of nitrogens with one attached hydrogen (secondary N) is 1. The van der Waals surface area contributed by atoms with Crippen molar-refractivity contribution in [3.05, 3.63) is 44.0 Å². The van der Waals surface area contributed by atoms with Gasteiger partial charge in [-0.3, -0.25) is 14.3 Å². The minimum Gasteiger partial charge on any atom is -0.363 e. The predicted octanol–water partition coefficient (Wildman–Crippen LogP) is 2.45. The van der Waals surface area contributed by atoms with Gasteiger partial charge in [-0.25, -0.2) is 16.0 Å². The van der Waals surface area contributed by atoms with Crippen molar-refractivity contribution in [1.29, 1.82) is 0 Å². The van der Waals surface area contributed by atoms with Crippen LogP contribution in [0.1, 0.15) is 45.9 Å². The van der Waals surface area contributed by atoms with Crippen molar-refractivity contribution in [3.8, 4) is 12.3 Å². The molecule has 0 spiro atoms. The Morgan fingerprint density at radius 3 is 2.67 bits per heavy atom. The third kappa shape index (κ3) is 7.48. The van der Waals surface area contributed by atoms with Crippen LogP contribution >= 0.6 is 8.53 Å². The van der Waals surface area contributed by atoms with Gasteiger partial charge in [-0.2, -0.15) is 0 Å². The van der Waals surface area contributed by atoms with Crippen LogP contribution in [0, 0.1) is 25.8 Å². The topological polar surface area (TPSA) is 99.4 Å². The van der Waals surface area contributed by atoms with Crippen LogP contribution in [0.4, 0.5) is 0 Å². The fraction of sp³-hybridized carbons (Fsp3) is 0.682. The van der Waals surface area contributed by atoms with Crippen molar-refractivity contribution < 1.29 is 18.5 Å². The van der Waals surface area contributed by atoms with Crippen LogP contribution in [-0.2, 0) is 18.5 Å². The second kappa shape index (κ2) is 13.0. The van der Waals surface area contributed by atoms with Gasteiger partial charge in [0, 0.05) is 30.3 Å². The molecule has 1 N–H and O–H groups in total. The van der Waals surface area contributed by atoms with Gasteiger partial charge in [0.25, 0.3) is 14.1 Å². The Bertz CT molecular complexity index is 955. The summed E-state index contributed by atoms with van der Waals surface area (Å²) in [6.45, 7) is 17.6. The number of nitrogens with zero attached hydrogens (tertiary/aromatic N) is 3. The zero-order valence-corrected chi connectivity index (χ0v) is 20.7. The number of hydrogen-bond donors (Lipinski definition) is 1. The van der Waals surface area contributed by atoms with E-state index in [9.17, 15) is 9.59 Å². The van der Waals surface area contributed by atoms with Gasteiger partial charge in [0.05, 0.1) is 12.7 Å². The maximum Gasteiger partial charge on any atom is 0.330 e. The fourth-order valence-corrected chi connectivity index (χ4v) is 5.21. The SMILES string of the molecule is [C-]#[N+]CCOP(OC[C@H]1O[C@@H](n2cc(C)c(=O)[nH]c2=O)CC1OCC#C)N(C(C)C)C(C)C. The van der Waals surface area contributed by atoms with Gasteiger partial charge in [-0.15, -0.1) is 6.42 Å². The van der Waals surface area contributed by atoms with Gasteiger partial charge in [0.15, 0.2) is 0 Å². The molecule has 0 amide bonds. The van der Waals surface area contributed by atoms with Gasteiger partial charge < -0.3 is 23.4 Å². The summed E-state index contributed by atoms with van der Waals surface area (Å²) >= 11 is 0. The van der Waals surface area contributed by atoms with E-state index in [4.69, 9.17) is 31.5 Å². The molecule has 33 heavy (non-hydrogen) atoms. The highest BCUT2D eigenvalue weighted by Gasteiger charge is 2.39. The van der Waals surface area contributed by atoms with Crippen molar-refractivity contribution >= 4 is 8.53 Å². The number of hydrogen-bond acceptors (Lipinski definition) is 7. The molecule has 182 valence electrons. The van der Waals surface area contributed by atoms with Crippen LogP contribution in [0.2, 0.25) is 0 Å². The van der Waals surface area contributed by atoms with E-state index in [1.807, 2.05) is 0 Å². The molecule has 0 aromatic carbocycles. The van der Waals surface area contributed by atoms with Crippen molar-refractivity contribution in [2.75, 3.05) is 26.4 Å². The first kappa shape index (κ1) is 27.2. The minimum atomic E-state index is -1.45. The summed E-state index contributed by atoms with van der Waals surface area (Å²) in [5.74, 6) is 2.45. The minimum absolute atomic E-state index is 0.0944. The van der Waals surface area contributed by atoms with Crippen LogP contribution in [0.25, 0.3) is 4.85 Å². The van der Waals surface area contributed by atoms with Crippen LogP contribution in [-0.4, -0.2) is 64.9 Å². The van der Waals surface area contributed by atoms with E-state index in [0.29, 0.717) is 12.0 Å². The molecule has 1 aromatic heterocycles. The quantitative estimate of drug-likeness (QED) is 0.212. The van der Waals surface area contributed by atoms with Crippen molar-refractivity contribution in [2.24, 2.45) is 0 Å². The highest BCUT2D eigenvalue weighted by Crippen LogP contribution is 2.46. The molecule has 2 heterocycles. The molecule has 1 aliphatic heterocycles. The van der Waals surface area contributed by atoms with E-state index in [1.165, 1.54) is 10.8 Å². The van der Waals surface area contributed by atoms with Crippen molar-refractivity contribution in [2.45, 2.75) is 71.6 Å². The maximum absolute atomic E-state index is 12.3. The molecule has 0 aliphatic carbocycles. The fourth-order valence-electron chi connectivity index (χ4n) is 3.60. The number of aromatic nitrogens is 2. The molecule has 1 saturated heterocycles. The first-order chi connectivity index (χ1) is 15.7. The first-order valence-corrected chi connectivity index (χ1v) is 12.0. The summed E-state index contributed by atoms with van der Waals surface area (Å²) < 4.78 is 27.5. The normalized spacial score (nSPS) is 21.5. The largest absolute Gasteiger partial charge is 0.363 e. The number of rotatable bonds is 12. The molecule has 11 heteroatoms. The third-order valence-corrected chi connectivity index (χ3v) is 7.09. The Kier molecular flexibility index (Phi) is 10.7. The molecule has 10 nitrogen and oxygen atoms in total. The second-order valence-electron chi connectivity index (χ2n) is 8.21. The zero-order chi connectivity index (χ0) is 24.5. The Morgan fingerprint density at radius 1 is 1.36 bits per heavy atom. The lowest BCUT2D eigenvalue weighted by molar-refractivity contribution is -0.0549. The Morgan fingerprint density at radius 2 is 2.06 bits per heavy atom. The summed E-state index contributed by atoms with van der Waals surface area (Å²) in [5.41, 5.74) is -0.581. The molecular weight excluding hydrogens is 447 g/mol. The van der Waals surface area contributed by atoms with E-state index in [0.717, 1.165) is 0 Å². The van der Waals surface area contributed by atoms with E-state index in [-0.39, 0.29) is 38.4 Å². The molecule has 1 fully saturated rings. The van der Waals surface area contributed by atoms with Crippen molar-refractivity contribution in [3.63, 3.8) is 0 Å². The lowest BCUT2D eigenvalue weighted by Gasteiger charge is -2.36. The standard InChI is InChI=1S/C22H33N4O6P/c1-8-10-29-18-12-20(25-13-17(6)21(27)24-22(25)28)32-19(18)14-31-33(30-11-9-23-7)26(15(2)3)16(4)5/h1,13,15-16,18-20H,9-12,14H2,2-6H3,(H,24,27,28)/t18?,19-,20-,33?/m1/s1. The lowest BCUT2D eigenvalue weighted by Crippen LogP contribution is -2.36. The molecule has 0 saturated carbocycles. The molecule has 4 atom stereocenters. The van der Waals surface area contributed by atoms with Crippen LogP contribution < -0.4 is 11.2 Å². The van der Waals surface area contributed by atoms with Gasteiger partial charge >= 0.3 is 5.69 Å². The molecular formula is C22H33N4O6P. The van der Waals surface area contributed by atoms with E-state index >= 15 is 0 Å². The van der Waals surface area contributed by atoms with Gasteiger partial charge in [-0.05, 0) is 34.6 Å². The molecule has 0 bridgehead atoms. The molecule has 2 rings (SSSR count). The Balaban J connectivity index is 2.19. The Hall–Kier alpha value is -2.04. The highest BCUT2D eigenvalue weighted by molar-refractivity contribution is 7.44. The highest BCUT2D eigenvalue weighted by atomic mass is 31.2. The summed E-state index contributed by atoms with van der Waals surface area (Å²) in [4.78, 5) is 29.7. The van der Waals surface area contributed by atoms with Crippen LogP contribution in [0.15, 0.2) is 15.8 Å². The average Bonchev–Trinajstić information content (AvgIpc) is 3.15. The maximum atomic E-state index is 12.3. The molecule has 2 unspecified atom stereocenters. The number of aryl methyl sites for hydroxylation is 1. The third-order valence-electron chi connectivity index (χ3n) is 5.02. The molecule has 0 radical (unpaired) electrons. The average molecular weight is 481 g/mol. The predicted molar refractivity (Wildman–Crippen MR) is 126 cm³/mol. The summed E-state index contributed by atoms with van der Waals surface area (Å²) in [7, 11) is -1.45. The smallest absolute Gasteiger partial charge is 0.330 e. The van der Waals surface area contributed by atoms with E-state index < -0.39 is 38.2 Å².